The van der Waals surface area contributed by atoms with Crippen molar-refractivity contribution in [3.8, 4) is 11.3 Å². The van der Waals surface area contributed by atoms with E-state index in [1.54, 1.807) is 6.20 Å². The Balaban J connectivity index is 1.75. The van der Waals surface area contributed by atoms with Gasteiger partial charge in [-0.3, -0.25) is 4.98 Å². The van der Waals surface area contributed by atoms with Crippen LogP contribution in [0.3, 0.4) is 0 Å². The number of fused-ring (bicyclic) bond motifs is 1. The van der Waals surface area contributed by atoms with Crippen molar-refractivity contribution in [1.29, 1.82) is 0 Å². The first kappa shape index (κ1) is 19.6. The maximum Gasteiger partial charge on any atom is 0.161 e. The van der Waals surface area contributed by atoms with Gasteiger partial charge in [-0.15, -0.1) is 0 Å². The molecule has 0 saturated heterocycles. The number of hydrogen-bond acceptors (Lipinski definition) is 4. The SMILES string of the molecule is C/C=C\C=C(/C)Cc1cnn2c(NCc3cccnc3)cc(-c3ccccc3)nc12. The van der Waals surface area contributed by atoms with E-state index in [0.717, 1.165) is 40.3 Å². The molecule has 0 aliphatic carbocycles. The minimum atomic E-state index is 0.663. The van der Waals surface area contributed by atoms with Crippen LogP contribution in [0.4, 0.5) is 5.82 Å². The number of rotatable bonds is 7. The fraction of sp³-hybridized carbons (Fsp3) is 0.160. The predicted molar refractivity (Wildman–Crippen MR) is 122 cm³/mol. The van der Waals surface area contributed by atoms with Gasteiger partial charge in [0.15, 0.2) is 5.65 Å². The number of anilines is 1. The average molecular weight is 396 g/mol. The van der Waals surface area contributed by atoms with Gasteiger partial charge >= 0.3 is 0 Å². The molecule has 3 aromatic heterocycles. The van der Waals surface area contributed by atoms with Crippen LogP contribution < -0.4 is 5.32 Å². The van der Waals surface area contributed by atoms with Crippen LogP contribution in [0.1, 0.15) is 25.0 Å². The summed E-state index contributed by atoms with van der Waals surface area (Å²) in [5.41, 5.74) is 6.36. The molecule has 4 rings (SSSR count). The molecular weight excluding hydrogens is 370 g/mol. The molecule has 0 saturated carbocycles. The van der Waals surface area contributed by atoms with Crippen molar-refractivity contribution in [2.24, 2.45) is 0 Å². The maximum atomic E-state index is 4.96. The lowest BCUT2D eigenvalue weighted by atomic mass is 10.1. The van der Waals surface area contributed by atoms with Gasteiger partial charge in [-0.25, -0.2) is 4.98 Å². The summed E-state index contributed by atoms with van der Waals surface area (Å²) in [4.78, 5) is 9.16. The van der Waals surface area contributed by atoms with Crippen LogP contribution in [-0.4, -0.2) is 19.6 Å². The second-order valence-electron chi connectivity index (χ2n) is 7.23. The molecule has 0 spiro atoms. The van der Waals surface area contributed by atoms with Crippen molar-refractivity contribution in [2.75, 3.05) is 5.32 Å². The number of aromatic nitrogens is 4. The van der Waals surface area contributed by atoms with E-state index in [-0.39, 0.29) is 0 Å². The normalized spacial score (nSPS) is 12.0. The van der Waals surface area contributed by atoms with Gasteiger partial charge in [0.1, 0.15) is 5.82 Å². The first-order valence-electron chi connectivity index (χ1n) is 10.1. The second-order valence-corrected chi connectivity index (χ2v) is 7.23. The van der Waals surface area contributed by atoms with Crippen LogP contribution in [0.5, 0.6) is 0 Å². The summed E-state index contributed by atoms with van der Waals surface area (Å²) >= 11 is 0. The molecule has 1 N–H and O–H groups in total. The quantitative estimate of drug-likeness (QED) is 0.422. The van der Waals surface area contributed by atoms with Crippen molar-refractivity contribution in [3.05, 3.63) is 102 Å². The Labute approximate surface area is 176 Å². The van der Waals surface area contributed by atoms with Gasteiger partial charge in [-0.1, -0.05) is 60.2 Å². The molecular formula is C25H25N5. The molecule has 0 unspecified atom stereocenters. The molecule has 3 heterocycles. The van der Waals surface area contributed by atoms with Crippen LogP contribution in [-0.2, 0) is 13.0 Å². The molecule has 0 bridgehead atoms. The molecule has 0 aliphatic rings. The Morgan fingerprint density at radius 3 is 2.73 bits per heavy atom. The van der Waals surface area contributed by atoms with Crippen molar-refractivity contribution in [2.45, 2.75) is 26.8 Å². The molecule has 4 aromatic rings. The third-order valence-corrected chi connectivity index (χ3v) is 4.85. The van der Waals surface area contributed by atoms with E-state index in [9.17, 15) is 0 Å². The highest BCUT2D eigenvalue weighted by Gasteiger charge is 2.13. The topological polar surface area (TPSA) is 55.1 Å². The summed E-state index contributed by atoms with van der Waals surface area (Å²) in [6.45, 7) is 4.82. The number of nitrogens with zero attached hydrogens (tertiary/aromatic N) is 4. The first-order chi connectivity index (χ1) is 14.7. The van der Waals surface area contributed by atoms with E-state index in [2.05, 4.69) is 58.7 Å². The highest BCUT2D eigenvalue weighted by atomic mass is 15.3. The lowest BCUT2D eigenvalue weighted by Crippen LogP contribution is -2.07. The number of nitrogens with one attached hydrogen (secondary N) is 1. The molecule has 5 nitrogen and oxygen atoms in total. The van der Waals surface area contributed by atoms with Crippen LogP contribution in [0.2, 0.25) is 0 Å². The molecule has 0 aliphatic heterocycles. The van der Waals surface area contributed by atoms with Crippen molar-refractivity contribution in [3.63, 3.8) is 0 Å². The smallest absolute Gasteiger partial charge is 0.161 e. The molecule has 30 heavy (non-hydrogen) atoms. The molecule has 0 amide bonds. The van der Waals surface area contributed by atoms with Crippen LogP contribution >= 0.6 is 0 Å². The van der Waals surface area contributed by atoms with Gasteiger partial charge in [0, 0.05) is 36.1 Å². The predicted octanol–water partition coefficient (Wildman–Crippen LogP) is 5.47. The zero-order chi connectivity index (χ0) is 20.8. The summed E-state index contributed by atoms with van der Waals surface area (Å²) in [6, 6.07) is 16.3. The number of allylic oxidation sites excluding steroid dienone is 4. The highest BCUT2D eigenvalue weighted by Crippen LogP contribution is 2.25. The Morgan fingerprint density at radius 1 is 1.10 bits per heavy atom. The largest absolute Gasteiger partial charge is 0.366 e. The van der Waals surface area contributed by atoms with E-state index >= 15 is 0 Å². The third-order valence-electron chi connectivity index (χ3n) is 4.85. The second kappa shape index (κ2) is 9.18. The Morgan fingerprint density at radius 2 is 1.97 bits per heavy atom. The van der Waals surface area contributed by atoms with E-state index in [4.69, 9.17) is 4.98 Å². The van der Waals surface area contributed by atoms with Crippen molar-refractivity contribution in [1.82, 2.24) is 19.6 Å². The monoisotopic (exact) mass is 395 g/mol. The third kappa shape index (κ3) is 4.46. The summed E-state index contributed by atoms with van der Waals surface area (Å²) in [6.07, 6.45) is 12.6. The fourth-order valence-electron chi connectivity index (χ4n) is 3.33. The lowest BCUT2D eigenvalue weighted by Gasteiger charge is -2.11. The molecule has 5 heteroatoms. The van der Waals surface area contributed by atoms with Crippen LogP contribution in [0, 0.1) is 0 Å². The average Bonchev–Trinajstić information content (AvgIpc) is 3.20. The van der Waals surface area contributed by atoms with E-state index in [1.165, 1.54) is 5.57 Å². The Bertz CT molecular complexity index is 1170. The summed E-state index contributed by atoms with van der Waals surface area (Å²) in [5, 5.41) is 8.14. The zero-order valence-corrected chi connectivity index (χ0v) is 17.3. The van der Waals surface area contributed by atoms with Gasteiger partial charge in [0.05, 0.1) is 11.9 Å². The van der Waals surface area contributed by atoms with E-state index in [0.29, 0.717) is 6.54 Å². The van der Waals surface area contributed by atoms with Crippen LogP contribution in [0.15, 0.2) is 90.9 Å². The molecule has 1 aromatic carbocycles. The molecule has 0 fully saturated rings. The molecule has 150 valence electrons. The fourth-order valence-corrected chi connectivity index (χ4v) is 3.33. The lowest BCUT2D eigenvalue weighted by molar-refractivity contribution is 0.925. The van der Waals surface area contributed by atoms with Gasteiger partial charge in [0.25, 0.3) is 0 Å². The summed E-state index contributed by atoms with van der Waals surface area (Å²) < 4.78 is 1.89. The highest BCUT2D eigenvalue weighted by molar-refractivity contribution is 5.68. The summed E-state index contributed by atoms with van der Waals surface area (Å²) in [7, 11) is 0. The molecule has 0 radical (unpaired) electrons. The maximum absolute atomic E-state index is 4.96. The minimum absolute atomic E-state index is 0.663. The van der Waals surface area contributed by atoms with Crippen LogP contribution in [0.25, 0.3) is 16.9 Å². The van der Waals surface area contributed by atoms with Gasteiger partial charge < -0.3 is 5.32 Å². The van der Waals surface area contributed by atoms with Gasteiger partial charge in [-0.05, 0) is 31.9 Å². The number of pyridine rings is 1. The number of hydrogen-bond donors (Lipinski definition) is 1. The number of benzene rings is 1. The molecule has 0 atom stereocenters. The Kier molecular flexibility index (Phi) is 5.99. The van der Waals surface area contributed by atoms with Crippen molar-refractivity contribution < 1.29 is 0 Å². The first-order valence-corrected chi connectivity index (χ1v) is 10.1. The zero-order valence-electron chi connectivity index (χ0n) is 17.3. The van der Waals surface area contributed by atoms with Crippen molar-refractivity contribution >= 4 is 11.5 Å². The standard InChI is InChI=1S/C25H25N5/c1-3-4-9-19(2)14-22-18-28-30-24(27-17-20-10-8-13-26-16-20)15-23(29-25(22)30)21-11-6-5-7-12-21/h3-13,15-16,18,27H,14,17H2,1-2H3/b4-3-,19-9+. The Hall–Kier alpha value is -3.73. The summed E-state index contributed by atoms with van der Waals surface area (Å²) in [5.74, 6) is 0.907. The van der Waals surface area contributed by atoms with E-state index < -0.39 is 0 Å². The van der Waals surface area contributed by atoms with E-state index in [1.807, 2.05) is 54.2 Å². The van der Waals surface area contributed by atoms with Gasteiger partial charge in [0.2, 0.25) is 0 Å². The minimum Gasteiger partial charge on any atom is -0.366 e. The van der Waals surface area contributed by atoms with Gasteiger partial charge in [-0.2, -0.15) is 9.61 Å².